The molecular weight excluding hydrogens is 250 g/mol. The van der Waals surface area contributed by atoms with Crippen LogP contribution in [0.1, 0.15) is 23.2 Å². The van der Waals surface area contributed by atoms with E-state index >= 15 is 0 Å². The fourth-order valence-corrected chi connectivity index (χ4v) is 1.97. The Bertz CT molecular complexity index is 423. The lowest BCUT2D eigenvalue weighted by Crippen LogP contribution is -3.00. The number of guanidine groups is 1. The standard InChI is InChI=1S/C13H17N3O.ClH/c14-13(16-8-4-5-9-16)15-10-12(17)11-6-2-1-3-7-11;/h1-3,6-7H,4-5,8-10H2,(H2,14,15);1H. The van der Waals surface area contributed by atoms with Crippen molar-refractivity contribution in [2.75, 3.05) is 19.6 Å². The van der Waals surface area contributed by atoms with Crippen molar-refractivity contribution in [3.8, 4) is 0 Å². The summed E-state index contributed by atoms with van der Waals surface area (Å²) < 4.78 is 2.08. The number of hydrogen-bond acceptors (Lipinski definition) is 1. The second kappa shape index (κ2) is 7.01. The van der Waals surface area contributed by atoms with Gasteiger partial charge in [0, 0.05) is 5.56 Å². The summed E-state index contributed by atoms with van der Waals surface area (Å²) in [6.45, 7) is 2.23. The second-order valence-electron chi connectivity index (χ2n) is 4.22. The zero-order valence-corrected chi connectivity index (χ0v) is 11.0. The minimum atomic E-state index is 0. The first-order valence-electron chi connectivity index (χ1n) is 5.97. The molecule has 1 aliphatic rings. The molecule has 5 heteroatoms. The Kier molecular flexibility index (Phi) is 5.65. The van der Waals surface area contributed by atoms with Crippen molar-refractivity contribution in [2.45, 2.75) is 12.8 Å². The van der Waals surface area contributed by atoms with Crippen LogP contribution >= 0.6 is 0 Å². The smallest absolute Gasteiger partial charge is 0.343 e. The lowest BCUT2D eigenvalue weighted by molar-refractivity contribution is -0.509. The normalized spacial score (nSPS) is 13.9. The number of benzene rings is 1. The van der Waals surface area contributed by atoms with Gasteiger partial charge in [-0.1, -0.05) is 30.3 Å². The molecule has 0 radical (unpaired) electrons. The molecule has 1 aliphatic heterocycles. The minimum Gasteiger partial charge on any atom is -1.00 e. The highest BCUT2D eigenvalue weighted by molar-refractivity contribution is 5.99. The molecular formula is C13H18ClN3O. The summed E-state index contributed by atoms with van der Waals surface area (Å²) in [7, 11) is 0. The molecule has 0 spiro atoms. The summed E-state index contributed by atoms with van der Waals surface area (Å²) >= 11 is 0. The van der Waals surface area contributed by atoms with E-state index in [9.17, 15) is 4.79 Å². The van der Waals surface area contributed by atoms with Gasteiger partial charge in [-0.05, 0) is 12.8 Å². The lowest BCUT2D eigenvalue weighted by atomic mass is 10.1. The highest BCUT2D eigenvalue weighted by Gasteiger charge is 2.15. The van der Waals surface area contributed by atoms with E-state index in [4.69, 9.17) is 5.73 Å². The van der Waals surface area contributed by atoms with Crippen LogP contribution in [-0.2, 0) is 0 Å². The molecule has 3 N–H and O–H groups in total. The number of nitrogens with one attached hydrogen (secondary N) is 1. The van der Waals surface area contributed by atoms with Crippen molar-refractivity contribution >= 4 is 11.7 Å². The third-order valence-electron chi connectivity index (χ3n) is 2.97. The molecule has 1 saturated heterocycles. The monoisotopic (exact) mass is 267 g/mol. The number of carbonyl (C=O) groups excluding carboxylic acids is 1. The molecule has 1 fully saturated rings. The summed E-state index contributed by atoms with van der Waals surface area (Å²) in [5.41, 5.74) is 6.60. The largest absolute Gasteiger partial charge is 1.00 e. The Balaban J connectivity index is 0.00000162. The van der Waals surface area contributed by atoms with E-state index in [0.717, 1.165) is 13.1 Å². The van der Waals surface area contributed by atoms with E-state index in [2.05, 4.69) is 9.89 Å². The maximum absolute atomic E-state index is 11.8. The third kappa shape index (κ3) is 3.74. The van der Waals surface area contributed by atoms with Gasteiger partial charge in [0.25, 0.3) is 0 Å². The fraction of sp³-hybridized carbons (Fsp3) is 0.385. The quantitative estimate of drug-likeness (QED) is 0.364. The van der Waals surface area contributed by atoms with E-state index in [0.29, 0.717) is 11.5 Å². The van der Waals surface area contributed by atoms with Gasteiger partial charge < -0.3 is 12.4 Å². The van der Waals surface area contributed by atoms with Gasteiger partial charge in [-0.3, -0.25) is 20.4 Å². The average Bonchev–Trinajstić information content (AvgIpc) is 2.90. The maximum Gasteiger partial charge on any atom is 0.343 e. The Morgan fingerprint density at radius 2 is 1.83 bits per heavy atom. The number of nitrogens with zero attached hydrogens (tertiary/aromatic N) is 1. The van der Waals surface area contributed by atoms with E-state index in [1.165, 1.54) is 12.8 Å². The van der Waals surface area contributed by atoms with E-state index in [1.807, 2.05) is 30.3 Å². The molecule has 1 heterocycles. The van der Waals surface area contributed by atoms with Crippen LogP contribution in [0.4, 0.5) is 0 Å². The number of carbonyl (C=O) groups is 1. The van der Waals surface area contributed by atoms with Crippen LogP contribution < -0.4 is 23.5 Å². The first-order valence-corrected chi connectivity index (χ1v) is 5.97. The molecule has 4 nitrogen and oxygen atoms in total. The molecule has 1 aromatic carbocycles. The fourth-order valence-electron chi connectivity index (χ4n) is 1.97. The molecule has 18 heavy (non-hydrogen) atoms. The van der Waals surface area contributed by atoms with Crippen LogP contribution in [0.5, 0.6) is 0 Å². The Morgan fingerprint density at radius 1 is 1.22 bits per heavy atom. The average molecular weight is 268 g/mol. The number of ketones is 1. The van der Waals surface area contributed by atoms with Crippen molar-refractivity contribution in [3.05, 3.63) is 35.9 Å². The van der Waals surface area contributed by atoms with Crippen molar-refractivity contribution in [1.82, 2.24) is 5.32 Å². The van der Waals surface area contributed by atoms with Crippen molar-refractivity contribution in [2.24, 2.45) is 5.73 Å². The highest BCUT2D eigenvalue weighted by Crippen LogP contribution is 2.01. The summed E-state index contributed by atoms with van der Waals surface area (Å²) in [5, 5.41) is 2.99. The number of halogens is 1. The zero-order valence-electron chi connectivity index (χ0n) is 10.2. The van der Waals surface area contributed by atoms with Gasteiger partial charge in [-0.25, -0.2) is 0 Å². The van der Waals surface area contributed by atoms with Crippen molar-refractivity contribution < 1.29 is 21.8 Å². The summed E-state index contributed by atoms with van der Waals surface area (Å²) in [6, 6.07) is 9.25. The zero-order chi connectivity index (χ0) is 12.1. The predicted molar refractivity (Wildman–Crippen MR) is 67.2 cm³/mol. The molecule has 0 bridgehead atoms. The topological polar surface area (TPSA) is 58.1 Å². The van der Waals surface area contributed by atoms with Crippen LogP contribution in [-0.4, -0.2) is 36.0 Å². The van der Waals surface area contributed by atoms with Gasteiger partial charge in [0.05, 0.1) is 13.1 Å². The van der Waals surface area contributed by atoms with E-state index in [1.54, 1.807) is 0 Å². The Hall–Kier alpha value is -1.55. The molecule has 0 aliphatic carbocycles. The lowest BCUT2D eigenvalue weighted by Gasteiger charge is -2.04. The van der Waals surface area contributed by atoms with Gasteiger partial charge in [0.1, 0.15) is 6.54 Å². The van der Waals surface area contributed by atoms with Gasteiger partial charge in [0.2, 0.25) is 0 Å². The highest BCUT2D eigenvalue weighted by atomic mass is 35.5. The first-order chi connectivity index (χ1) is 8.27. The van der Waals surface area contributed by atoms with Gasteiger partial charge in [-0.2, -0.15) is 0 Å². The molecule has 2 rings (SSSR count). The van der Waals surface area contributed by atoms with Crippen LogP contribution in [0.15, 0.2) is 30.3 Å². The van der Waals surface area contributed by atoms with Crippen LogP contribution in [0.2, 0.25) is 0 Å². The van der Waals surface area contributed by atoms with Crippen molar-refractivity contribution in [1.29, 1.82) is 0 Å². The molecule has 0 aromatic heterocycles. The van der Waals surface area contributed by atoms with Crippen LogP contribution in [0, 0.1) is 0 Å². The molecule has 1 aromatic rings. The van der Waals surface area contributed by atoms with Gasteiger partial charge in [0.15, 0.2) is 5.78 Å². The number of hydrogen-bond donors (Lipinski definition) is 2. The Morgan fingerprint density at radius 3 is 2.44 bits per heavy atom. The SMILES string of the molecule is NC(NCC(=O)c1ccccc1)=[N+]1CCCC1.[Cl-]. The van der Waals surface area contributed by atoms with Crippen LogP contribution in [0.25, 0.3) is 0 Å². The molecule has 0 atom stereocenters. The van der Waals surface area contributed by atoms with E-state index in [-0.39, 0.29) is 24.7 Å². The van der Waals surface area contributed by atoms with Crippen molar-refractivity contribution in [3.63, 3.8) is 0 Å². The summed E-state index contributed by atoms with van der Waals surface area (Å²) in [6.07, 6.45) is 2.35. The summed E-state index contributed by atoms with van der Waals surface area (Å²) in [5.74, 6) is 0.680. The first kappa shape index (κ1) is 14.5. The molecule has 0 amide bonds. The number of nitrogens with two attached hydrogens (primary N) is 1. The third-order valence-corrected chi connectivity index (χ3v) is 2.97. The van der Waals surface area contributed by atoms with Gasteiger partial charge in [-0.15, -0.1) is 0 Å². The summed E-state index contributed by atoms with van der Waals surface area (Å²) in [4.78, 5) is 11.8. The number of rotatable bonds is 3. The predicted octanol–water partition coefficient (Wildman–Crippen LogP) is -2.42. The molecule has 0 saturated carbocycles. The number of Topliss-reactive ketones (excluding diaryl/α,β-unsaturated/α-hetero) is 1. The molecule has 98 valence electrons. The minimum absolute atomic E-state index is 0. The van der Waals surface area contributed by atoms with Gasteiger partial charge >= 0.3 is 5.96 Å². The second-order valence-corrected chi connectivity index (χ2v) is 4.22. The molecule has 0 unspecified atom stereocenters. The Labute approximate surface area is 113 Å². The van der Waals surface area contributed by atoms with Crippen LogP contribution in [0.3, 0.4) is 0 Å². The maximum atomic E-state index is 11.8. The van der Waals surface area contributed by atoms with E-state index < -0.39 is 0 Å².